The SMILES string of the molecule is Nc1ccc(N2CCN(c3ccc(Br)cn3)CC2)cc1. The summed E-state index contributed by atoms with van der Waals surface area (Å²) >= 11 is 3.42. The number of hydrogen-bond donors (Lipinski definition) is 1. The first-order valence-corrected chi connectivity index (χ1v) is 7.49. The number of pyridine rings is 1. The third kappa shape index (κ3) is 2.88. The monoisotopic (exact) mass is 332 g/mol. The predicted octanol–water partition coefficient (Wildman–Crippen LogP) is 2.75. The fourth-order valence-corrected chi connectivity index (χ4v) is 2.67. The number of hydrogen-bond acceptors (Lipinski definition) is 4. The molecule has 0 bridgehead atoms. The second kappa shape index (κ2) is 5.71. The van der Waals surface area contributed by atoms with Crippen LogP contribution in [0.1, 0.15) is 0 Å². The first-order chi connectivity index (χ1) is 9.72. The summed E-state index contributed by atoms with van der Waals surface area (Å²) < 4.78 is 1.02. The van der Waals surface area contributed by atoms with Crippen LogP contribution in [0, 0.1) is 0 Å². The maximum absolute atomic E-state index is 5.73. The minimum atomic E-state index is 0.812. The average molecular weight is 333 g/mol. The van der Waals surface area contributed by atoms with E-state index in [9.17, 15) is 0 Å². The number of anilines is 3. The van der Waals surface area contributed by atoms with Gasteiger partial charge in [-0.3, -0.25) is 0 Å². The minimum Gasteiger partial charge on any atom is -0.399 e. The molecular formula is C15H17BrN4. The molecular weight excluding hydrogens is 316 g/mol. The van der Waals surface area contributed by atoms with Gasteiger partial charge in [-0.1, -0.05) is 0 Å². The molecule has 1 aromatic heterocycles. The van der Waals surface area contributed by atoms with Gasteiger partial charge in [0.15, 0.2) is 0 Å². The van der Waals surface area contributed by atoms with Crippen LogP contribution >= 0.6 is 15.9 Å². The van der Waals surface area contributed by atoms with Crippen LogP contribution in [-0.4, -0.2) is 31.2 Å². The molecule has 0 aliphatic carbocycles. The van der Waals surface area contributed by atoms with Crippen LogP contribution in [-0.2, 0) is 0 Å². The molecule has 1 aliphatic rings. The van der Waals surface area contributed by atoms with E-state index in [1.165, 1.54) is 5.69 Å². The highest BCUT2D eigenvalue weighted by atomic mass is 79.9. The number of nitrogens with two attached hydrogens (primary N) is 1. The Labute approximate surface area is 127 Å². The van der Waals surface area contributed by atoms with Crippen molar-refractivity contribution < 1.29 is 0 Å². The molecule has 2 N–H and O–H groups in total. The van der Waals surface area contributed by atoms with Crippen LogP contribution in [0.3, 0.4) is 0 Å². The maximum atomic E-state index is 5.73. The number of nitrogen functional groups attached to an aromatic ring is 1. The van der Waals surface area contributed by atoms with Crippen LogP contribution in [0.4, 0.5) is 17.2 Å². The molecule has 0 unspecified atom stereocenters. The van der Waals surface area contributed by atoms with E-state index in [1.54, 1.807) is 0 Å². The molecule has 5 heteroatoms. The molecule has 2 aromatic rings. The van der Waals surface area contributed by atoms with Crippen molar-refractivity contribution in [3.63, 3.8) is 0 Å². The summed E-state index contributed by atoms with van der Waals surface area (Å²) in [4.78, 5) is 9.16. The quantitative estimate of drug-likeness (QED) is 0.859. The van der Waals surface area contributed by atoms with Crippen molar-refractivity contribution in [1.29, 1.82) is 0 Å². The summed E-state index contributed by atoms with van der Waals surface area (Å²) in [6.07, 6.45) is 1.85. The van der Waals surface area contributed by atoms with Gasteiger partial charge in [0.2, 0.25) is 0 Å². The lowest BCUT2D eigenvalue weighted by Crippen LogP contribution is -2.46. The highest BCUT2D eigenvalue weighted by molar-refractivity contribution is 9.10. The van der Waals surface area contributed by atoms with Gasteiger partial charge in [-0.05, 0) is 52.3 Å². The Morgan fingerprint density at radius 3 is 2.15 bits per heavy atom. The van der Waals surface area contributed by atoms with E-state index in [-0.39, 0.29) is 0 Å². The van der Waals surface area contributed by atoms with Crippen molar-refractivity contribution in [1.82, 2.24) is 4.98 Å². The fourth-order valence-electron chi connectivity index (χ4n) is 2.43. The van der Waals surface area contributed by atoms with Crippen molar-refractivity contribution >= 4 is 33.1 Å². The Bertz CT molecular complexity index is 506. The largest absolute Gasteiger partial charge is 0.399 e. The third-order valence-corrected chi connectivity index (χ3v) is 4.04. The van der Waals surface area contributed by atoms with Gasteiger partial charge < -0.3 is 15.5 Å². The molecule has 0 saturated carbocycles. The van der Waals surface area contributed by atoms with Crippen LogP contribution in [0.5, 0.6) is 0 Å². The molecule has 0 amide bonds. The van der Waals surface area contributed by atoms with E-state index in [2.05, 4.69) is 48.9 Å². The summed E-state index contributed by atoms with van der Waals surface area (Å²) in [6, 6.07) is 12.2. The first kappa shape index (κ1) is 13.2. The van der Waals surface area contributed by atoms with Crippen molar-refractivity contribution in [3.05, 3.63) is 47.1 Å². The Balaban J connectivity index is 1.64. The number of aromatic nitrogens is 1. The van der Waals surface area contributed by atoms with Crippen LogP contribution in [0.25, 0.3) is 0 Å². The number of nitrogens with zero attached hydrogens (tertiary/aromatic N) is 3. The van der Waals surface area contributed by atoms with E-state index >= 15 is 0 Å². The van der Waals surface area contributed by atoms with Crippen LogP contribution < -0.4 is 15.5 Å². The van der Waals surface area contributed by atoms with Crippen molar-refractivity contribution in [2.24, 2.45) is 0 Å². The van der Waals surface area contributed by atoms with E-state index in [4.69, 9.17) is 5.73 Å². The molecule has 0 radical (unpaired) electrons. The zero-order chi connectivity index (χ0) is 13.9. The number of rotatable bonds is 2. The molecule has 104 valence electrons. The van der Waals surface area contributed by atoms with Gasteiger partial charge in [0, 0.05) is 48.2 Å². The number of benzene rings is 1. The Hall–Kier alpha value is -1.75. The second-order valence-corrected chi connectivity index (χ2v) is 5.82. The predicted molar refractivity (Wildman–Crippen MR) is 87.2 cm³/mol. The van der Waals surface area contributed by atoms with E-state index in [0.29, 0.717) is 0 Å². The molecule has 20 heavy (non-hydrogen) atoms. The van der Waals surface area contributed by atoms with Gasteiger partial charge in [-0.15, -0.1) is 0 Å². The van der Waals surface area contributed by atoms with Crippen molar-refractivity contribution in [3.8, 4) is 0 Å². The van der Waals surface area contributed by atoms with E-state index < -0.39 is 0 Å². The molecule has 0 atom stereocenters. The summed E-state index contributed by atoms with van der Waals surface area (Å²) in [5.74, 6) is 1.05. The molecule has 2 heterocycles. The molecule has 3 rings (SSSR count). The maximum Gasteiger partial charge on any atom is 0.128 e. The lowest BCUT2D eigenvalue weighted by molar-refractivity contribution is 0.647. The van der Waals surface area contributed by atoms with Gasteiger partial charge in [-0.25, -0.2) is 4.98 Å². The standard InChI is InChI=1S/C15H17BrN4/c16-12-1-6-15(18-11-12)20-9-7-19(8-10-20)14-4-2-13(17)3-5-14/h1-6,11H,7-10,17H2. The third-order valence-electron chi connectivity index (χ3n) is 3.57. The molecule has 1 aromatic carbocycles. The normalized spacial score (nSPS) is 15.4. The summed E-state index contributed by atoms with van der Waals surface area (Å²) in [6.45, 7) is 3.97. The number of halogens is 1. The van der Waals surface area contributed by atoms with Crippen LogP contribution in [0.2, 0.25) is 0 Å². The van der Waals surface area contributed by atoms with Crippen molar-refractivity contribution in [2.75, 3.05) is 41.7 Å². The molecule has 1 aliphatic heterocycles. The smallest absolute Gasteiger partial charge is 0.128 e. The van der Waals surface area contributed by atoms with Crippen molar-refractivity contribution in [2.45, 2.75) is 0 Å². The topological polar surface area (TPSA) is 45.4 Å². The summed E-state index contributed by atoms with van der Waals surface area (Å²) in [5.41, 5.74) is 7.78. The molecule has 0 spiro atoms. The van der Waals surface area contributed by atoms with E-state index in [0.717, 1.165) is 42.2 Å². The minimum absolute atomic E-state index is 0.812. The first-order valence-electron chi connectivity index (χ1n) is 6.69. The molecule has 4 nitrogen and oxygen atoms in total. The lowest BCUT2D eigenvalue weighted by Gasteiger charge is -2.36. The highest BCUT2D eigenvalue weighted by Crippen LogP contribution is 2.21. The Kier molecular flexibility index (Phi) is 3.78. The lowest BCUT2D eigenvalue weighted by atomic mass is 10.2. The number of piperazine rings is 1. The fraction of sp³-hybridized carbons (Fsp3) is 0.267. The van der Waals surface area contributed by atoms with Gasteiger partial charge in [0.1, 0.15) is 5.82 Å². The van der Waals surface area contributed by atoms with Gasteiger partial charge >= 0.3 is 0 Å². The van der Waals surface area contributed by atoms with Gasteiger partial charge in [0.05, 0.1) is 0 Å². The zero-order valence-corrected chi connectivity index (χ0v) is 12.8. The highest BCUT2D eigenvalue weighted by Gasteiger charge is 2.18. The van der Waals surface area contributed by atoms with E-state index in [1.807, 2.05) is 24.4 Å². The molecule has 1 fully saturated rings. The Morgan fingerprint density at radius 1 is 0.900 bits per heavy atom. The Morgan fingerprint density at radius 2 is 1.55 bits per heavy atom. The van der Waals surface area contributed by atoms with Crippen LogP contribution in [0.15, 0.2) is 47.1 Å². The summed E-state index contributed by atoms with van der Waals surface area (Å²) in [7, 11) is 0. The summed E-state index contributed by atoms with van der Waals surface area (Å²) in [5, 5.41) is 0. The van der Waals surface area contributed by atoms with Gasteiger partial charge in [0.25, 0.3) is 0 Å². The second-order valence-electron chi connectivity index (χ2n) is 4.90. The molecule has 1 saturated heterocycles. The average Bonchev–Trinajstić information content (AvgIpc) is 2.49. The zero-order valence-electron chi connectivity index (χ0n) is 11.2. The van der Waals surface area contributed by atoms with Gasteiger partial charge in [-0.2, -0.15) is 0 Å².